The molecule has 0 atom stereocenters. The Kier molecular flexibility index (Phi) is 3.11. The van der Waals surface area contributed by atoms with Gasteiger partial charge in [0.15, 0.2) is 0 Å². The summed E-state index contributed by atoms with van der Waals surface area (Å²) < 4.78 is 13.3. The normalized spacial score (nSPS) is 13.6. The largest absolute Gasteiger partial charge is 0.385 e. The van der Waals surface area contributed by atoms with Gasteiger partial charge in [0.05, 0.1) is 0 Å². The molecular formula is C16H17FN2. The lowest BCUT2D eigenvalue weighted by atomic mass is 10.0. The zero-order valence-corrected chi connectivity index (χ0v) is 11.0. The Morgan fingerprint density at radius 1 is 1.16 bits per heavy atom. The van der Waals surface area contributed by atoms with Gasteiger partial charge < -0.3 is 10.2 Å². The van der Waals surface area contributed by atoms with Crippen molar-refractivity contribution in [3.63, 3.8) is 0 Å². The molecule has 0 unspecified atom stereocenters. The Bertz CT molecular complexity index is 595. The maximum atomic E-state index is 13.3. The standard InChI is InChI=1S/C16H17FN2/c1-19(13-6-2-5-12(17)11-13)16-9-3-8-15-14(16)7-4-10-18-15/h2-3,5-6,8-9,11,18H,4,7,10H2,1H3. The van der Waals surface area contributed by atoms with Gasteiger partial charge in [0.1, 0.15) is 5.82 Å². The first-order valence-electron chi connectivity index (χ1n) is 6.61. The number of nitrogens with one attached hydrogen (secondary N) is 1. The van der Waals surface area contributed by atoms with Crippen LogP contribution in [0.25, 0.3) is 0 Å². The highest BCUT2D eigenvalue weighted by Crippen LogP contribution is 2.34. The number of rotatable bonds is 2. The molecule has 0 fully saturated rings. The van der Waals surface area contributed by atoms with E-state index in [1.165, 1.54) is 17.3 Å². The second-order valence-electron chi connectivity index (χ2n) is 4.87. The van der Waals surface area contributed by atoms with E-state index < -0.39 is 0 Å². The van der Waals surface area contributed by atoms with Crippen LogP contribution in [0, 0.1) is 5.82 Å². The van der Waals surface area contributed by atoms with Gasteiger partial charge >= 0.3 is 0 Å². The van der Waals surface area contributed by atoms with Crippen molar-refractivity contribution in [2.75, 3.05) is 23.8 Å². The number of hydrogen-bond donors (Lipinski definition) is 1. The summed E-state index contributed by atoms with van der Waals surface area (Å²) >= 11 is 0. The molecule has 19 heavy (non-hydrogen) atoms. The Balaban J connectivity index is 2.02. The van der Waals surface area contributed by atoms with Gasteiger partial charge in [0.25, 0.3) is 0 Å². The fourth-order valence-corrected chi connectivity index (χ4v) is 2.63. The zero-order valence-electron chi connectivity index (χ0n) is 11.0. The summed E-state index contributed by atoms with van der Waals surface area (Å²) in [6.07, 6.45) is 2.21. The Labute approximate surface area is 112 Å². The molecule has 3 rings (SSSR count). The van der Waals surface area contributed by atoms with Crippen LogP contribution < -0.4 is 10.2 Å². The molecule has 1 aliphatic heterocycles. The van der Waals surface area contributed by atoms with Gasteiger partial charge in [0, 0.05) is 30.7 Å². The van der Waals surface area contributed by atoms with Gasteiger partial charge in [-0.3, -0.25) is 0 Å². The van der Waals surface area contributed by atoms with Crippen molar-refractivity contribution in [1.29, 1.82) is 0 Å². The zero-order chi connectivity index (χ0) is 13.2. The molecule has 0 aromatic heterocycles. The highest BCUT2D eigenvalue weighted by atomic mass is 19.1. The maximum Gasteiger partial charge on any atom is 0.125 e. The van der Waals surface area contributed by atoms with Gasteiger partial charge in [-0.2, -0.15) is 0 Å². The molecule has 98 valence electrons. The van der Waals surface area contributed by atoms with Crippen LogP contribution in [0.2, 0.25) is 0 Å². The summed E-state index contributed by atoms with van der Waals surface area (Å²) in [4.78, 5) is 2.05. The summed E-state index contributed by atoms with van der Waals surface area (Å²) in [6.45, 7) is 1.03. The van der Waals surface area contributed by atoms with Crippen molar-refractivity contribution in [2.24, 2.45) is 0 Å². The molecular weight excluding hydrogens is 239 g/mol. The summed E-state index contributed by atoms with van der Waals surface area (Å²) in [5.74, 6) is -0.202. The molecule has 0 aliphatic carbocycles. The number of nitrogens with zero attached hydrogens (tertiary/aromatic N) is 1. The fraction of sp³-hybridized carbons (Fsp3) is 0.250. The van der Waals surface area contributed by atoms with Crippen molar-refractivity contribution in [3.8, 4) is 0 Å². The first-order valence-corrected chi connectivity index (χ1v) is 6.61. The summed E-state index contributed by atoms with van der Waals surface area (Å²) in [6, 6.07) is 13.0. The molecule has 2 aromatic carbocycles. The van der Waals surface area contributed by atoms with Gasteiger partial charge in [-0.15, -0.1) is 0 Å². The van der Waals surface area contributed by atoms with Crippen molar-refractivity contribution < 1.29 is 4.39 Å². The summed E-state index contributed by atoms with van der Waals surface area (Å²) in [5, 5.41) is 3.42. The van der Waals surface area contributed by atoms with E-state index in [9.17, 15) is 4.39 Å². The predicted molar refractivity (Wildman–Crippen MR) is 77.7 cm³/mol. The molecule has 1 aliphatic rings. The van der Waals surface area contributed by atoms with E-state index in [-0.39, 0.29) is 5.82 Å². The van der Waals surface area contributed by atoms with E-state index in [1.54, 1.807) is 12.1 Å². The average molecular weight is 256 g/mol. The van der Waals surface area contributed by atoms with Crippen molar-refractivity contribution in [1.82, 2.24) is 0 Å². The smallest absolute Gasteiger partial charge is 0.125 e. The molecule has 0 radical (unpaired) electrons. The van der Waals surface area contributed by atoms with E-state index in [4.69, 9.17) is 0 Å². The molecule has 0 bridgehead atoms. The Hall–Kier alpha value is -2.03. The molecule has 0 spiro atoms. The lowest BCUT2D eigenvalue weighted by Crippen LogP contribution is -2.17. The summed E-state index contributed by atoms with van der Waals surface area (Å²) in [5.41, 5.74) is 4.54. The molecule has 2 aromatic rings. The third-order valence-electron chi connectivity index (χ3n) is 3.63. The molecule has 0 saturated carbocycles. The first-order chi connectivity index (χ1) is 9.25. The lowest BCUT2D eigenvalue weighted by molar-refractivity contribution is 0.628. The van der Waals surface area contributed by atoms with Crippen molar-refractivity contribution in [3.05, 3.63) is 53.8 Å². The number of anilines is 3. The van der Waals surface area contributed by atoms with Crippen LogP contribution in [0.1, 0.15) is 12.0 Å². The number of halogens is 1. The topological polar surface area (TPSA) is 15.3 Å². The fourth-order valence-electron chi connectivity index (χ4n) is 2.63. The Morgan fingerprint density at radius 2 is 2.00 bits per heavy atom. The van der Waals surface area contributed by atoms with Gasteiger partial charge in [-0.25, -0.2) is 4.39 Å². The highest BCUT2D eigenvalue weighted by Gasteiger charge is 2.15. The predicted octanol–water partition coefficient (Wildman–Crippen LogP) is 3.95. The van der Waals surface area contributed by atoms with Gasteiger partial charge in [-0.05, 0) is 48.7 Å². The summed E-state index contributed by atoms with van der Waals surface area (Å²) in [7, 11) is 1.99. The minimum atomic E-state index is -0.202. The van der Waals surface area contributed by atoms with Crippen LogP contribution in [0.5, 0.6) is 0 Å². The minimum absolute atomic E-state index is 0.202. The van der Waals surface area contributed by atoms with E-state index in [0.717, 1.165) is 30.8 Å². The SMILES string of the molecule is CN(c1cccc(F)c1)c1cccc2c1CCCN2. The number of benzene rings is 2. The number of hydrogen-bond acceptors (Lipinski definition) is 2. The van der Waals surface area contributed by atoms with Crippen molar-refractivity contribution in [2.45, 2.75) is 12.8 Å². The highest BCUT2D eigenvalue weighted by molar-refractivity contribution is 5.73. The van der Waals surface area contributed by atoms with E-state index in [1.807, 2.05) is 19.2 Å². The van der Waals surface area contributed by atoms with Crippen LogP contribution in [0.4, 0.5) is 21.5 Å². The van der Waals surface area contributed by atoms with Crippen LogP contribution in [-0.4, -0.2) is 13.6 Å². The van der Waals surface area contributed by atoms with E-state index in [0.29, 0.717) is 0 Å². The maximum absolute atomic E-state index is 13.3. The average Bonchev–Trinajstić information content (AvgIpc) is 2.46. The second kappa shape index (κ2) is 4.92. The van der Waals surface area contributed by atoms with Gasteiger partial charge in [0.2, 0.25) is 0 Å². The monoisotopic (exact) mass is 256 g/mol. The van der Waals surface area contributed by atoms with E-state index in [2.05, 4.69) is 22.3 Å². The first kappa shape index (κ1) is 12.0. The van der Waals surface area contributed by atoms with E-state index >= 15 is 0 Å². The van der Waals surface area contributed by atoms with Crippen molar-refractivity contribution >= 4 is 17.1 Å². The minimum Gasteiger partial charge on any atom is -0.385 e. The third kappa shape index (κ3) is 2.28. The van der Waals surface area contributed by atoms with Gasteiger partial charge in [-0.1, -0.05) is 12.1 Å². The van der Waals surface area contributed by atoms with Crippen LogP contribution >= 0.6 is 0 Å². The Morgan fingerprint density at radius 3 is 2.84 bits per heavy atom. The molecule has 0 amide bonds. The van der Waals surface area contributed by atoms with Crippen LogP contribution in [0.15, 0.2) is 42.5 Å². The quantitative estimate of drug-likeness (QED) is 0.875. The molecule has 2 nitrogen and oxygen atoms in total. The molecule has 3 heteroatoms. The molecule has 1 heterocycles. The second-order valence-corrected chi connectivity index (χ2v) is 4.87. The number of fused-ring (bicyclic) bond motifs is 1. The van der Waals surface area contributed by atoms with Crippen LogP contribution in [0.3, 0.4) is 0 Å². The lowest BCUT2D eigenvalue weighted by Gasteiger charge is -2.27. The third-order valence-corrected chi connectivity index (χ3v) is 3.63. The van der Waals surface area contributed by atoms with Crippen LogP contribution in [-0.2, 0) is 6.42 Å². The molecule has 1 N–H and O–H groups in total. The molecule has 0 saturated heterocycles.